The third-order valence-electron chi connectivity index (χ3n) is 4.08. The van der Waals surface area contributed by atoms with Crippen LogP contribution in [0.3, 0.4) is 0 Å². The van der Waals surface area contributed by atoms with E-state index in [-0.39, 0.29) is 17.5 Å². The summed E-state index contributed by atoms with van der Waals surface area (Å²) in [6.45, 7) is 4.78. The quantitative estimate of drug-likeness (QED) is 0.493. The van der Waals surface area contributed by atoms with Crippen LogP contribution in [-0.4, -0.2) is 30.3 Å². The summed E-state index contributed by atoms with van der Waals surface area (Å²) in [7, 11) is 0. The molecule has 0 heterocycles. The Morgan fingerprint density at radius 3 is 2.27 bits per heavy atom. The Hall–Kier alpha value is -2.56. The van der Waals surface area contributed by atoms with Crippen molar-refractivity contribution in [1.29, 1.82) is 0 Å². The van der Waals surface area contributed by atoms with Gasteiger partial charge in [0.1, 0.15) is 5.75 Å². The van der Waals surface area contributed by atoms with Crippen molar-refractivity contribution in [3.8, 4) is 5.75 Å². The Bertz CT molecular complexity index is 751. The SMILES string of the molecule is CC(C)C(=O)OCCCCCCOc1ccc2cc(C(=O)O)ccc2c1. The lowest BCUT2D eigenvalue weighted by Gasteiger charge is -2.08. The van der Waals surface area contributed by atoms with Gasteiger partial charge in [-0.2, -0.15) is 0 Å². The molecule has 0 saturated heterocycles. The fourth-order valence-electron chi connectivity index (χ4n) is 2.53. The van der Waals surface area contributed by atoms with Crippen molar-refractivity contribution >= 4 is 22.7 Å². The molecule has 1 N–H and O–H groups in total. The van der Waals surface area contributed by atoms with Crippen LogP contribution in [0.4, 0.5) is 0 Å². The Labute approximate surface area is 153 Å². The van der Waals surface area contributed by atoms with Crippen molar-refractivity contribution in [3.05, 3.63) is 42.0 Å². The molecule has 5 nitrogen and oxygen atoms in total. The zero-order valence-electron chi connectivity index (χ0n) is 15.4. The lowest BCUT2D eigenvalue weighted by molar-refractivity contribution is -0.147. The number of benzene rings is 2. The standard InChI is InChI=1S/C21H26O5/c1-15(2)21(24)26-12-6-4-3-5-11-25-19-10-9-16-13-18(20(22)23)8-7-17(16)14-19/h7-10,13-15H,3-6,11-12H2,1-2H3,(H,22,23). The zero-order chi connectivity index (χ0) is 18.9. The minimum absolute atomic E-state index is 0.0685. The van der Waals surface area contributed by atoms with Crippen LogP contribution in [0.5, 0.6) is 5.75 Å². The van der Waals surface area contributed by atoms with E-state index < -0.39 is 5.97 Å². The number of hydrogen-bond acceptors (Lipinski definition) is 4. The van der Waals surface area contributed by atoms with Crippen LogP contribution in [-0.2, 0) is 9.53 Å². The minimum Gasteiger partial charge on any atom is -0.494 e. The molecule has 0 unspecified atom stereocenters. The maximum Gasteiger partial charge on any atom is 0.335 e. The summed E-state index contributed by atoms with van der Waals surface area (Å²) in [5.41, 5.74) is 0.283. The van der Waals surface area contributed by atoms with Gasteiger partial charge < -0.3 is 14.6 Å². The van der Waals surface area contributed by atoms with Crippen LogP contribution in [0.1, 0.15) is 49.9 Å². The molecule has 0 bridgehead atoms. The highest BCUT2D eigenvalue weighted by molar-refractivity contribution is 5.94. The Kier molecular flexibility index (Phi) is 7.45. The maximum absolute atomic E-state index is 11.3. The predicted octanol–water partition coefficient (Wildman–Crippen LogP) is 4.68. The van der Waals surface area contributed by atoms with Crippen molar-refractivity contribution < 1.29 is 24.2 Å². The molecule has 0 amide bonds. The first-order chi connectivity index (χ1) is 12.5. The number of hydrogen-bond donors (Lipinski definition) is 1. The molecule has 0 saturated carbocycles. The van der Waals surface area contributed by atoms with Gasteiger partial charge in [-0.05, 0) is 60.7 Å². The van der Waals surface area contributed by atoms with Crippen LogP contribution < -0.4 is 4.74 Å². The normalized spacial score (nSPS) is 10.9. The molecule has 2 aromatic rings. The summed E-state index contributed by atoms with van der Waals surface area (Å²) in [6.07, 6.45) is 3.84. The fraction of sp³-hybridized carbons (Fsp3) is 0.429. The molecule has 0 aromatic heterocycles. The van der Waals surface area contributed by atoms with Gasteiger partial charge in [-0.3, -0.25) is 4.79 Å². The molecular weight excluding hydrogens is 332 g/mol. The smallest absolute Gasteiger partial charge is 0.335 e. The fourth-order valence-corrected chi connectivity index (χ4v) is 2.53. The topological polar surface area (TPSA) is 72.8 Å². The number of unbranched alkanes of at least 4 members (excludes halogenated alkanes) is 3. The summed E-state index contributed by atoms with van der Waals surface area (Å²) in [6, 6.07) is 10.7. The number of rotatable bonds is 10. The maximum atomic E-state index is 11.3. The highest BCUT2D eigenvalue weighted by atomic mass is 16.5. The molecule has 0 aliphatic rings. The number of carboxylic acid groups (broad SMARTS) is 1. The van der Waals surface area contributed by atoms with Crippen LogP contribution in [0.15, 0.2) is 36.4 Å². The summed E-state index contributed by atoms with van der Waals surface area (Å²) in [5, 5.41) is 10.9. The molecule has 0 radical (unpaired) electrons. The zero-order valence-corrected chi connectivity index (χ0v) is 15.4. The molecule has 0 aliphatic heterocycles. The number of carbonyl (C=O) groups excluding carboxylic acids is 1. The number of esters is 1. The molecule has 140 valence electrons. The molecule has 2 aromatic carbocycles. The second-order valence-corrected chi connectivity index (χ2v) is 6.61. The van der Waals surface area contributed by atoms with Crippen LogP contribution in [0.25, 0.3) is 10.8 Å². The number of fused-ring (bicyclic) bond motifs is 1. The lowest BCUT2D eigenvalue weighted by Crippen LogP contribution is -2.12. The molecule has 2 rings (SSSR count). The monoisotopic (exact) mass is 358 g/mol. The molecule has 0 aliphatic carbocycles. The van der Waals surface area contributed by atoms with Crippen molar-refractivity contribution in [1.82, 2.24) is 0 Å². The van der Waals surface area contributed by atoms with E-state index in [1.807, 2.05) is 32.0 Å². The summed E-state index contributed by atoms with van der Waals surface area (Å²) in [5.74, 6) is -0.348. The van der Waals surface area contributed by atoms with Crippen molar-refractivity contribution in [2.45, 2.75) is 39.5 Å². The van der Waals surface area contributed by atoms with Gasteiger partial charge in [0, 0.05) is 0 Å². The second-order valence-electron chi connectivity index (χ2n) is 6.61. The van der Waals surface area contributed by atoms with E-state index in [2.05, 4.69) is 0 Å². The largest absolute Gasteiger partial charge is 0.494 e. The third-order valence-corrected chi connectivity index (χ3v) is 4.08. The van der Waals surface area contributed by atoms with Crippen LogP contribution in [0, 0.1) is 5.92 Å². The van der Waals surface area contributed by atoms with E-state index >= 15 is 0 Å². The second kappa shape index (κ2) is 9.80. The van der Waals surface area contributed by atoms with Gasteiger partial charge in [0.15, 0.2) is 0 Å². The Balaban J connectivity index is 1.67. The first kappa shape index (κ1) is 19.8. The highest BCUT2D eigenvalue weighted by Crippen LogP contribution is 2.22. The van der Waals surface area contributed by atoms with Gasteiger partial charge in [0.2, 0.25) is 0 Å². The minimum atomic E-state index is -0.925. The molecule has 5 heteroatoms. The number of aromatic carboxylic acids is 1. The van der Waals surface area contributed by atoms with Crippen molar-refractivity contribution in [2.24, 2.45) is 5.92 Å². The van der Waals surface area contributed by atoms with Gasteiger partial charge in [0.25, 0.3) is 0 Å². The molecule has 0 atom stereocenters. The Morgan fingerprint density at radius 1 is 0.923 bits per heavy atom. The summed E-state index contributed by atoms with van der Waals surface area (Å²) < 4.78 is 10.9. The van der Waals surface area contributed by atoms with Gasteiger partial charge in [-0.1, -0.05) is 26.0 Å². The number of ether oxygens (including phenoxy) is 2. The van der Waals surface area contributed by atoms with Gasteiger partial charge in [0.05, 0.1) is 24.7 Å². The average molecular weight is 358 g/mol. The first-order valence-corrected chi connectivity index (χ1v) is 9.04. The lowest BCUT2D eigenvalue weighted by atomic mass is 10.1. The van der Waals surface area contributed by atoms with Crippen LogP contribution >= 0.6 is 0 Å². The summed E-state index contributed by atoms with van der Waals surface area (Å²) >= 11 is 0. The Morgan fingerprint density at radius 2 is 1.58 bits per heavy atom. The number of carbonyl (C=O) groups is 2. The van der Waals surface area contributed by atoms with Crippen molar-refractivity contribution in [3.63, 3.8) is 0 Å². The van der Waals surface area contributed by atoms with E-state index in [1.54, 1.807) is 18.2 Å². The van der Waals surface area contributed by atoms with Gasteiger partial charge >= 0.3 is 11.9 Å². The van der Waals surface area contributed by atoms with E-state index in [9.17, 15) is 9.59 Å². The summed E-state index contributed by atoms with van der Waals surface area (Å²) in [4.78, 5) is 22.3. The van der Waals surface area contributed by atoms with Crippen molar-refractivity contribution in [2.75, 3.05) is 13.2 Å². The molecule has 26 heavy (non-hydrogen) atoms. The first-order valence-electron chi connectivity index (χ1n) is 9.04. The third kappa shape index (κ3) is 6.06. The molecule has 0 spiro atoms. The number of carboxylic acids is 1. The van der Waals surface area contributed by atoms with E-state index in [0.717, 1.165) is 42.2 Å². The predicted molar refractivity (Wildman–Crippen MR) is 101 cm³/mol. The van der Waals surface area contributed by atoms with E-state index in [4.69, 9.17) is 14.6 Å². The van der Waals surface area contributed by atoms with Crippen LogP contribution in [0.2, 0.25) is 0 Å². The van der Waals surface area contributed by atoms with E-state index in [0.29, 0.717) is 13.2 Å². The average Bonchev–Trinajstić information content (AvgIpc) is 2.62. The van der Waals surface area contributed by atoms with Gasteiger partial charge in [-0.15, -0.1) is 0 Å². The van der Waals surface area contributed by atoms with E-state index in [1.165, 1.54) is 0 Å². The highest BCUT2D eigenvalue weighted by Gasteiger charge is 2.07. The van der Waals surface area contributed by atoms with Gasteiger partial charge in [-0.25, -0.2) is 4.79 Å². The molecular formula is C21H26O5. The molecule has 0 fully saturated rings.